The van der Waals surface area contributed by atoms with Crippen molar-refractivity contribution in [2.75, 3.05) is 5.32 Å². The van der Waals surface area contributed by atoms with E-state index in [1.165, 1.54) is 26.7 Å². The van der Waals surface area contributed by atoms with E-state index in [9.17, 15) is 13.6 Å². The Morgan fingerprint density at radius 1 is 1.00 bits per heavy atom. The zero-order chi connectivity index (χ0) is 24.7. The zero-order valence-electron chi connectivity index (χ0n) is 18.5. The number of carboxylic acids is 1. The number of aliphatic carboxylic acids is 1. The Bertz CT molecular complexity index is 1220. The van der Waals surface area contributed by atoms with Crippen LogP contribution in [0.1, 0.15) is 24.5 Å². The van der Waals surface area contributed by atoms with E-state index in [0.717, 1.165) is 57.2 Å². The predicted molar refractivity (Wildman–Crippen MR) is 134 cm³/mol. The van der Waals surface area contributed by atoms with Crippen LogP contribution in [-0.2, 0) is 9.59 Å². The predicted octanol–water partition coefficient (Wildman–Crippen LogP) is 5.26. The van der Waals surface area contributed by atoms with E-state index in [4.69, 9.17) is 9.90 Å². The number of amidine groups is 1. The van der Waals surface area contributed by atoms with Crippen LogP contribution in [0.5, 0.6) is 0 Å². The van der Waals surface area contributed by atoms with Gasteiger partial charge in [-0.05, 0) is 11.1 Å². The molecule has 2 N–H and O–H groups in total. The molecule has 0 fully saturated rings. The molecule has 1 heterocycles. The number of halogens is 2. The summed E-state index contributed by atoms with van der Waals surface area (Å²) in [6.45, 7) is 1.08. The maximum absolute atomic E-state index is 12.7. The fraction of sp³-hybridized carbons (Fsp3) is 0.0800. The molecule has 3 aromatic carbocycles. The molecule has 0 radical (unpaired) electrons. The Balaban J connectivity index is 0.000000751. The topological polar surface area (TPSA) is 78.8 Å². The molecule has 0 saturated carbocycles. The van der Waals surface area contributed by atoms with E-state index in [1.54, 1.807) is 18.2 Å². The van der Waals surface area contributed by atoms with Gasteiger partial charge in [0.25, 0.3) is 12.4 Å². The maximum atomic E-state index is 12.7. The number of aliphatic imine (C=N–C) groups is 1. The Kier molecular flexibility index (Phi) is 9.18. The third kappa shape index (κ3) is 7.63. The normalized spacial score (nSPS) is 14.0. The van der Waals surface area contributed by atoms with Gasteiger partial charge in [-0.3, -0.25) is 4.79 Å². The van der Waals surface area contributed by atoms with Gasteiger partial charge in [0.1, 0.15) is 0 Å². The average molecular weight is 488 g/mol. The number of nitrogens with one attached hydrogen (secondary N) is 1. The summed E-state index contributed by atoms with van der Waals surface area (Å²) in [6.07, 6.45) is -0.668. The Hall–Kier alpha value is -2.78. The first-order valence-corrected chi connectivity index (χ1v) is 12.1. The monoisotopic (exact) mass is 488 g/mol. The number of anilines is 1. The first-order valence-electron chi connectivity index (χ1n) is 10.3. The molecular weight excluding hydrogens is 469 g/mol. The molecule has 4 rings (SSSR count). The summed E-state index contributed by atoms with van der Waals surface area (Å²) in [5.41, 5.74) is 3.56. The summed E-state index contributed by atoms with van der Waals surface area (Å²) in [7, 11) is 0. The molecule has 168 valence electrons. The van der Waals surface area contributed by atoms with E-state index >= 15 is 0 Å². The van der Waals surface area contributed by atoms with Gasteiger partial charge in [-0.25, -0.2) is 8.78 Å². The van der Waals surface area contributed by atoms with Crippen LogP contribution >= 0.6 is 11.8 Å². The van der Waals surface area contributed by atoms with Crippen LogP contribution in [0.15, 0.2) is 82.7 Å². The van der Waals surface area contributed by atoms with Crippen LogP contribution in [-0.4, -0.2) is 50.1 Å². The van der Waals surface area contributed by atoms with Crippen LogP contribution in [0.3, 0.4) is 0 Å². The Morgan fingerprint density at radius 2 is 1.53 bits per heavy atom. The van der Waals surface area contributed by atoms with Gasteiger partial charge in [0.05, 0.1) is 0 Å². The number of benzene rings is 3. The summed E-state index contributed by atoms with van der Waals surface area (Å²) < 4.78 is 26.7. The summed E-state index contributed by atoms with van der Waals surface area (Å²) in [5.74, 6) is -1.10. The van der Waals surface area contributed by atoms with Crippen LogP contribution in [0.25, 0.3) is 17.2 Å². The van der Waals surface area contributed by atoms with Gasteiger partial charge in [0, 0.05) is 12.5 Å². The second kappa shape index (κ2) is 12.1. The number of thioether (sulfide) groups is 1. The number of carbonyl (C=O) groups excluding carboxylic acids is 1. The number of amides is 1. The zero-order valence-corrected chi connectivity index (χ0v) is 21.3. The fourth-order valence-electron chi connectivity index (χ4n) is 2.97. The van der Waals surface area contributed by atoms with E-state index in [1.807, 2.05) is 36.4 Å². The number of carboxylic acid groups (broad SMARTS) is 1. The number of hydrogen-bond acceptors (Lipinski definition) is 4. The summed E-state index contributed by atoms with van der Waals surface area (Å²) >= 11 is 2.30. The van der Waals surface area contributed by atoms with Crippen molar-refractivity contribution in [2.24, 2.45) is 4.99 Å². The first-order chi connectivity index (χ1) is 16.2. The van der Waals surface area contributed by atoms with Crippen LogP contribution in [0, 0.1) is 0 Å². The Morgan fingerprint density at radius 3 is 2.06 bits per heavy atom. The van der Waals surface area contributed by atoms with Crippen molar-refractivity contribution in [2.45, 2.75) is 13.3 Å². The van der Waals surface area contributed by atoms with E-state index in [-0.39, 0.29) is 11.5 Å². The van der Waals surface area contributed by atoms with Crippen molar-refractivity contribution in [3.8, 4) is 11.1 Å². The molecule has 0 unspecified atom stereocenters. The molecule has 1 amide bonds. The summed E-state index contributed by atoms with van der Waals surface area (Å²) in [4.78, 5) is 25.9. The van der Waals surface area contributed by atoms with Crippen LogP contribution in [0.2, 0.25) is 0 Å². The molecule has 0 spiro atoms. The molecule has 0 saturated heterocycles. The van der Waals surface area contributed by atoms with Crippen molar-refractivity contribution in [1.29, 1.82) is 0 Å². The van der Waals surface area contributed by atoms with Gasteiger partial charge in [-0.15, -0.1) is 0 Å². The quantitative estimate of drug-likeness (QED) is 0.387. The fourth-order valence-corrected chi connectivity index (χ4v) is 4.13. The number of hydrogen-bond donors (Lipinski definition) is 2. The Labute approximate surface area is 217 Å². The SMILES string of the molecule is CC(=O)O.O=C1N=C(Nc2cc[c]([Na])cc2)SC1=Cc1ccc(-c2ccc(C(F)F)cc2)cc1. The third-order valence-corrected chi connectivity index (χ3v) is 6.19. The number of rotatable bonds is 4. The molecule has 34 heavy (non-hydrogen) atoms. The molecule has 0 aliphatic carbocycles. The van der Waals surface area contributed by atoms with Crippen LogP contribution < -0.4 is 8.13 Å². The molecule has 1 aliphatic rings. The van der Waals surface area contributed by atoms with Gasteiger partial charge >= 0.3 is 139 Å². The standard InChI is InChI=1S/C23H15F2N2OS.C2H4O2.Na/c24-21(25)18-12-10-17(11-13-18)16-8-6-15(7-9-16)14-20-22(28)27-23(29-20)26-19-4-2-1-3-5-19;1-2(3)4;/h2-14,21H,(H,26,27,28);1H3,(H,3,4);. The van der Waals surface area contributed by atoms with Crippen molar-refractivity contribution < 1.29 is 23.5 Å². The van der Waals surface area contributed by atoms with Crippen LogP contribution in [0.4, 0.5) is 14.5 Å². The molecule has 1 aliphatic heterocycles. The van der Waals surface area contributed by atoms with Crippen molar-refractivity contribution in [3.05, 3.63) is 88.8 Å². The summed E-state index contributed by atoms with van der Waals surface area (Å²) in [6, 6.07) is 21.9. The molecule has 9 heteroatoms. The number of carbonyl (C=O) groups is 2. The summed E-state index contributed by atoms with van der Waals surface area (Å²) in [5, 5.41) is 11.1. The van der Waals surface area contributed by atoms with Crippen molar-refractivity contribution in [3.63, 3.8) is 0 Å². The van der Waals surface area contributed by atoms with Gasteiger partial charge in [0.2, 0.25) is 0 Å². The second-order valence-electron chi connectivity index (χ2n) is 7.39. The van der Waals surface area contributed by atoms with Crippen molar-refractivity contribution >= 4 is 71.3 Å². The average Bonchev–Trinajstić information content (AvgIpc) is 3.14. The van der Waals surface area contributed by atoms with Gasteiger partial charge in [-0.1, -0.05) is 24.3 Å². The molecular formula is C25H19F2N2NaO3S. The van der Waals surface area contributed by atoms with E-state index in [2.05, 4.69) is 22.4 Å². The second-order valence-corrected chi connectivity index (χ2v) is 9.57. The van der Waals surface area contributed by atoms with E-state index < -0.39 is 12.4 Å². The van der Waals surface area contributed by atoms with Gasteiger partial charge in [0.15, 0.2) is 0 Å². The first kappa shape index (κ1) is 25.8. The number of nitrogens with zero attached hydrogens (tertiary/aromatic N) is 1. The van der Waals surface area contributed by atoms with Crippen molar-refractivity contribution in [1.82, 2.24) is 0 Å². The molecule has 0 aromatic heterocycles. The van der Waals surface area contributed by atoms with E-state index in [0.29, 0.717) is 10.1 Å². The molecule has 3 aromatic rings. The number of alkyl halides is 2. The van der Waals surface area contributed by atoms with Gasteiger partial charge < -0.3 is 5.11 Å². The minimum absolute atomic E-state index is 0.00813. The van der Waals surface area contributed by atoms with Gasteiger partial charge in [-0.2, -0.15) is 0 Å². The molecule has 0 atom stereocenters. The minimum atomic E-state index is -2.47. The third-order valence-electron chi connectivity index (χ3n) is 4.63. The molecule has 5 nitrogen and oxygen atoms in total. The molecule has 0 bridgehead atoms.